The van der Waals surface area contributed by atoms with Gasteiger partial charge in [0.1, 0.15) is 0 Å². The second-order valence-corrected chi connectivity index (χ2v) is 5.51. The number of carbonyl (C=O) groups is 2. The zero-order chi connectivity index (χ0) is 12.4. The summed E-state index contributed by atoms with van der Waals surface area (Å²) in [7, 11) is 0. The largest absolute Gasteiger partial charge is 0.481 e. The highest BCUT2D eigenvalue weighted by Crippen LogP contribution is 2.38. The maximum absolute atomic E-state index is 11.7. The van der Waals surface area contributed by atoms with Crippen LogP contribution in [0.3, 0.4) is 0 Å². The van der Waals surface area contributed by atoms with Crippen LogP contribution in [-0.4, -0.2) is 23.0 Å². The topological polar surface area (TPSA) is 66.4 Å². The molecular weight excluding hydrogens is 238 g/mol. The lowest BCUT2D eigenvalue weighted by Gasteiger charge is -2.12. The van der Waals surface area contributed by atoms with Crippen molar-refractivity contribution in [3.63, 3.8) is 0 Å². The van der Waals surface area contributed by atoms with Crippen molar-refractivity contribution in [2.75, 3.05) is 0 Å². The fourth-order valence-corrected chi connectivity index (χ4v) is 2.72. The Morgan fingerprint density at radius 3 is 2.88 bits per heavy atom. The molecule has 1 aromatic rings. The summed E-state index contributed by atoms with van der Waals surface area (Å²) in [6.45, 7) is 1.94. The summed E-state index contributed by atoms with van der Waals surface area (Å²) >= 11 is 1.66. The van der Waals surface area contributed by atoms with Gasteiger partial charge in [-0.05, 0) is 24.8 Å². The highest BCUT2D eigenvalue weighted by Gasteiger charge is 2.48. The van der Waals surface area contributed by atoms with E-state index in [9.17, 15) is 9.59 Å². The first kappa shape index (κ1) is 12.1. The number of thiophene rings is 1. The number of carboxylic acid groups (broad SMARTS) is 1. The van der Waals surface area contributed by atoms with Gasteiger partial charge in [-0.1, -0.05) is 6.07 Å². The second-order valence-electron chi connectivity index (χ2n) is 4.48. The molecule has 1 aliphatic carbocycles. The summed E-state index contributed by atoms with van der Waals surface area (Å²) in [4.78, 5) is 23.6. The minimum absolute atomic E-state index is 0.0520. The normalized spacial score (nSPS) is 24.1. The molecule has 1 amide bonds. The Bertz CT molecular complexity index is 415. The number of nitrogens with one attached hydrogen (secondary N) is 1. The van der Waals surface area contributed by atoms with Crippen molar-refractivity contribution in [3.05, 3.63) is 22.4 Å². The molecule has 0 radical (unpaired) electrons. The zero-order valence-electron chi connectivity index (χ0n) is 9.55. The average Bonchev–Trinajstić information content (AvgIpc) is 2.92. The molecule has 2 N–H and O–H groups in total. The lowest BCUT2D eigenvalue weighted by molar-refractivity contribution is -0.140. The van der Waals surface area contributed by atoms with Gasteiger partial charge in [-0.2, -0.15) is 0 Å². The van der Waals surface area contributed by atoms with E-state index in [2.05, 4.69) is 5.32 Å². The van der Waals surface area contributed by atoms with Crippen LogP contribution in [0.15, 0.2) is 17.5 Å². The molecule has 3 atom stereocenters. The van der Waals surface area contributed by atoms with Gasteiger partial charge in [0, 0.05) is 17.3 Å². The fourth-order valence-electron chi connectivity index (χ4n) is 1.89. The number of hydrogen-bond acceptors (Lipinski definition) is 3. The van der Waals surface area contributed by atoms with Crippen LogP contribution >= 0.6 is 11.3 Å². The third-order valence-electron chi connectivity index (χ3n) is 2.92. The molecule has 4 nitrogen and oxygen atoms in total. The van der Waals surface area contributed by atoms with Crippen molar-refractivity contribution in [1.29, 1.82) is 0 Å². The van der Waals surface area contributed by atoms with E-state index in [1.165, 1.54) is 4.88 Å². The van der Waals surface area contributed by atoms with Crippen molar-refractivity contribution < 1.29 is 14.7 Å². The Kier molecular flexibility index (Phi) is 3.47. The first-order valence-electron chi connectivity index (χ1n) is 5.63. The van der Waals surface area contributed by atoms with Crippen LogP contribution in [0.5, 0.6) is 0 Å². The van der Waals surface area contributed by atoms with E-state index in [1.54, 1.807) is 11.3 Å². The van der Waals surface area contributed by atoms with E-state index < -0.39 is 11.9 Å². The van der Waals surface area contributed by atoms with E-state index in [1.807, 2.05) is 24.4 Å². The van der Waals surface area contributed by atoms with Crippen LogP contribution in [-0.2, 0) is 16.0 Å². The van der Waals surface area contributed by atoms with Crippen LogP contribution < -0.4 is 5.32 Å². The average molecular weight is 253 g/mol. The molecule has 1 saturated carbocycles. The lowest BCUT2D eigenvalue weighted by atomic mass is 10.2. The molecule has 0 saturated heterocycles. The summed E-state index contributed by atoms with van der Waals surface area (Å²) in [6, 6.07) is 4.07. The number of hydrogen-bond donors (Lipinski definition) is 2. The Balaban J connectivity index is 1.78. The molecule has 0 aliphatic heterocycles. The van der Waals surface area contributed by atoms with Crippen LogP contribution in [0.2, 0.25) is 0 Å². The molecule has 1 heterocycles. The summed E-state index contributed by atoms with van der Waals surface area (Å²) in [6.07, 6.45) is 1.28. The van der Waals surface area contributed by atoms with Crippen molar-refractivity contribution in [1.82, 2.24) is 5.32 Å². The molecule has 1 fully saturated rings. The van der Waals surface area contributed by atoms with Gasteiger partial charge in [-0.15, -0.1) is 11.3 Å². The quantitative estimate of drug-likeness (QED) is 0.836. The number of aliphatic carboxylic acids is 1. The van der Waals surface area contributed by atoms with E-state index in [0.29, 0.717) is 6.42 Å². The minimum atomic E-state index is -0.865. The molecule has 0 aromatic carbocycles. The van der Waals surface area contributed by atoms with Gasteiger partial charge in [-0.3, -0.25) is 9.59 Å². The molecular formula is C12H15NO3S. The smallest absolute Gasteiger partial charge is 0.307 e. The van der Waals surface area contributed by atoms with Gasteiger partial charge >= 0.3 is 5.97 Å². The zero-order valence-corrected chi connectivity index (χ0v) is 10.4. The highest BCUT2D eigenvalue weighted by molar-refractivity contribution is 7.09. The number of carboxylic acids is 1. The van der Waals surface area contributed by atoms with Crippen molar-refractivity contribution in [2.45, 2.75) is 25.8 Å². The number of carbonyl (C=O) groups excluding carboxylic acids is 1. The third-order valence-corrected chi connectivity index (χ3v) is 3.82. The first-order chi connectivity index (χ1) is 8.08. The maximum atomic E-state index is 11.7. The molecule has 1 aromatic heterocycles. The Morgan fingerprint density at radius 2 is 2.35 bits per heavy atom. The molecule has 0 spiro atoms. The maximum Gasteiger partial charge on any atom is 0.307 e. The summed E-state index contributed by atoms with van der Waals surface area (Å²) in [5, 5.41) is 13.6. The van der Waals surface area contributed by atoms with Gasteiger partial charge in [0.2, 0.25) is 5.91 Å². The molecule has 1 aliphatic rings. The molecule has 92 valence electrons. The van der Waals surface area contributed by atoms with E-state index in [0.717, 1.165) is 6.42 Å². The van der Waals surface area contributed by atoms with Crippen molar-refractivity contribution in [2.24, 2.45) is 11.8 Å². The molecule has 5 heteroatoms. The Hall–Kier alpha value is -1.36. The lowest BCUT2D eigenvalue weighted by Crippen LogP contribution is -2.35. The van der Waals surface area contributed by atoms with E-state index >= 15 is 0 Å². The second kappa shape index (κ2) is 4.87. The SMILES string of the molecule is CC(Cc1cccs1)NC(=O)[C@@H]1C[C@@H]1C(=O)O. The Morgan fingerprint density at radius 1 is 1.59 bits per heavy atom. The van der Waals surface area contributed by atoms with E-state index in [4.69, 9.17) is 5.11 Å². The predicted octanol–water partition coefficient (Wildman–Crippen LogP) is 1.52. The summed E-state index contributed by atoms with van der Waals surface area (Å²) in [5.74, 6) is -1.78. The van der Waals surface area contributed by atoms with E-state index in [-0.39, 0.29) is 17.9 Å². The molecule has 1 unspecified atom stereocenters. The predicted molar refractivity (Wildman–Crippen MR) is 64.9 cm³/mol. The summed E-state index contributed by atoms with van der Waals surface area (Å²) < 4.78 is 0. The third kappa shape index (κ3) is 3.06. The number of amides is 1. The fraction of sp³-hybridized carbons (Fsp3) is 0.500. The molecule has 2 rings (SSSR count). The van der Waals surface area contributed by atoms with Crippen LogP contribution in [0, 0.1) is 11.8 Å². The summed E-state index contributed by atoms with van der Waals surface area (Å²) in [5.41, 5.74) is 0. The molecule has 17 heavy (non-hydrogen) atoms. The minimum Gasteiger partial charge on any atom is -0.481 e. The standard InChI is InChI=1S/C12H15NO3S/c1-7(5-8-3-2-4-17-8)13-11(14)9-6-10(9)12(15)16/h2-4,7,9-10H,5-6H2,1H3,(H,13,14)(H,15,16)/t7?,9-,10+/m1/s1. The monoisotopic (exact) mass is 253 g/mol. The van der Waals surface area contributed by atoms with Gasteiger partial charge in [-0.25, -0.2) is 0 Å². The van der Waals surface area contributed by atoms with Gasteiger partial charge < -0.3 is 10.4 Å². The number of rotatable bonds is 5. The van der Waals surface area contributed by atoms with Crippen molar-refractivity contribution >= 4 is 23.2 Å². The van der Waals surface area contributed by atoms with Crippen molar-refractivity contribution in [3.8, 4) is 0 Å². The molecule has 0 bridgehead atoms. The Labute approximate surface area is 104 Å². The highest BCUT2D eigenvalue weighted by atomic mass is 32.1. The van der Waals surface area contributed by atoms with Crippen LogP contribution in [0.1, 0.15) is 18.2 Å². The van der Waals surface area contributed by atoms with Gasteiger partial charge in [0.25, 0.3) is 0 Å². The van der Waals surface area contributed by atoms with Crippen LogP contribution in [0.4, 0.5) is 0 Å². The van der Waals surface area contributed by atoms with Crippen LogP contribution in [0.25, 0.3) is 0 Å². The van der Waals surface area contributed by atoms with Gasteiger partial charge in [0.05, 0.1) is 11.8 Å². The van der Waals surface area contributed by atoms with Gasteiger partial charge in [0.15, 0.2) is 0 Å². The first-order valence-corrected chi connectivity index (χ1v) is 6.51.